The van der Waals surface area contributed by atoms with Gasteiger partial charge in [0.05, 0.1) is 5.56 Å². The molecule has 1 fully saturated rings. The summed E-state index contributed by atoms with van der Waals surface area (Å²) in [4.78, 5) is 39.7. The van der Waals surface area contributed by atoms with Gasteiger partial charge < -0.3 is 5.32 Å². The Morgan fingerprint density at radius 3 is 2.64 bits per heavy atom. The highest BCUT2D eigenvalue weighted by molar-refractivity contribution is 7.12. The first-order valence-electron chi connectivity index (χ1n) is 9.76. The third-order valence-corrected chi connectivity index (χ3v) is 7.14. The molecule has 4 nitrogen and oxygen atoms in total. The van der Waals surface area contributed by atoms with Crippen molar-refractivity contribution in [3.63, 3.8) is 0 Å². The van der Waals surface area contributed by atoms with E-state index in [2.05, 4.69) is 5.32 Å². The summed E-state index contributed by atoms with van der Waals surface area (Å²) in [5.41, 5.74) is 2.45. The van der Waals surface area contributed by atoms with Gasteiger partial charge in [-0.25, -0.2) is 0 Å². The number of Topliss-reactive ketones (excluding diaryl/α,β-unsaturated/α-hetero) is 2. The van der Waals surface area contributed by atoms with Crippen LogP contribution in [0.3, 0.4) is 0 Å². The molecule has 1 heterocycles. The standard InChI is InChI=1S/C22H22ClNO3S/c23-14-7-9-15(10-8-14)24-22(27)21-17-5-2-6-19(17)28-20(21)12-18(26)13-3-1-4-16(25)11-13/h7-10,13H,1-6,11-12H2,(H,24,27). The third kappa shape index (κ3) is 4.06. The van der Waals surface area contributed by atoms with Gasteiger partial charge in [-0.1, -0.05) is 11.6 Å². The predicted octanol–water partition coefficient (Wildman–Crippen LogP) is 5.01. The minimum atomic E-state index is -0.189. The molecule has 1 atom stereocenters. The van der Waals surface area contributed by atoms with Gasteiger partial charge in [-0.15, -0.1) is 11.3 Å². The molecule has 6 heteroatoms. The number of amides is 1. The Bertz CT molecular complexity index is 932. The van der Waals surface area contributed by atoms with E-state index in [1.54, 1.807) is 35.6 Å². The van der Waals surface area contributed by atoms with Crippen molar-refractivity contribution in [3.8, 4) is 0 Å². The van der Waals surface area contributed by atoms with Crippen LogP contribution in [0.1, 0.15) is 57.8 Å². The van der Waals surface area contributed by atoms with E-state index in [4.69, 9.17) is 11.6 Å². The van der Waals surface area contributed by atoms with Crippen LogP contribution in [-0.4, -0.2) is 17.5 Å². The Hall–Kier alpha value is -1.98. The number of rotatable bonds is 5. The number of ketones is 2. The first-order chi connectivity index (χ1) is 13.5. The van der Waals surface area contributed by atoms with E-state index >= 15 is 0 Å². The maximum absolute atomic E-state index is 13.0. The summed E-state index contributed by atoms with van der Waals surface area (Å²) in [7, 11) is 0. The van der Waals surface area contributed by atoms with Crippen molar-refractivity contribution < 1.29 is 14.4 Å². The normalized spacial score (nSPS) is 18.8. The first kappa shape index (κ1) is 19.3. The van der Waals surface area contributed by atoms with Crippen molar-refractivity contribution in [2.45, 2.75) is 51.4 Å². The van der Waals surface area contributed by atoms with Gasteiger partial charge in [0.25, 0.3) is 5.91 Å². The van der Waals surface area contributed by atoms with E-state index in [9.17, 15) is 14.4 Å². The second kappa shape index (κ2) is 8.18. The van der Waals surface area contributed by atoms with Crippen LogP contribution in [0.25, 0.3) is 0 Å². The molecule has 0 saturated heterocycles. The molecule has 1 amide bonds. The number of carbonyl (C=O) groups excluding carboxylic acids is 3. The van der Waals surface area contributed by atoms with Gasteiger partial charge in [0, 0.05) is 45.6 Å². The summed E-state index contributed by atoms with van der Waals surface area (Å²) < 4.78 is 0. The fourth-order valence-corrected chi connectivity index (χ4v) is 5.71. The van der Waals surface area contributed by atoms with Crippen molar-refractivity contribution in [2.24, 2.45) is 5.92 Å². The minimum absolute atomic E-state index is 0.0912. The minimum Gasteiger partial charge on any atom is -0.322 e. The van der Waals surface area contributed by atoms with Crippen LogP contribution in [0.15, 0.2) is 24.3 Å². The summed E-state index contributed by atoms with van der Waals surface area (Å²) in [6, 6.07) is 7.01. The Balaban J connectivity index is 1.56. The molecule has 1 aromatic heterocycles. The fraction of sp³-hybridized carbons (Fsp3) is 0.409. The molecule has 2 aliphatic rings. The van der Waals surface area contributed by atoms with Gasteiger partial charge in [-0.05, 0) is 61.9 Å². The van der Waals surface area contributed by atoms with Gasteiger partial charge in [0.1, 0.15) is 11.6 Å². The zero-order chi connectivity index (χ0) is 19.7. The Labute approximate surface area is 173 Å². The number of anilines is 1. The summed E-state index contributed by atoms with van der Waals surface area (Å²) in [5, 5.41) is 3.56. The maximum atomic E-state index is 13.0. The van der Waals surface area contributed by atoms with Gasteiger partial charge >= 0.3 is 0 Å². The summed E-state index contributed by atoms with van der Waals surface area (Å²) in [5.74, 6) is -0.0814. The van der Waals surface area contributed by atoms with E-state index in [1.165, 1.54) is 4.88 Å². The second-order valence-electron chi connectivity index (χ2n) is 7.59. The molecule has 28 heavy (non-hydrogen) atoms. The molecule has 0 radical (unpaired) electrons. The van der Waals surface area contributed by atoms with Crippen LogP contribution in [-0.2, 0) is 28.9 Å². The number of nitrogens with one attached hydrogen (secondary N) is 1. The number of fused-ring (bicyclic) bond motifs is 1. The molecular formula is C22H22ClNO3S. The molecule has 1 unspecified atom stereocenters. The molecule has 4 rings (SSSR count). The molecule has 0 bridgehead atoms. The molecule has 2 aromatic rings. The number of hydrogen-bond donors (Lipinski definition) is 1. The number of aryl methyl sites for hydroxylation is 1. The molecule has 2 aliphatic carbocycles. The number of halogens is 1. The molecule has 0 aliphatic heterocycles. The van der Waals surface area contributed by atoms with Crippen molar-refractivity contribution in [1.82, 2.24) is 0 Å². The summed E-state index contributed by atoms with van der Waals surface area (Å²) in [6.07, 6.45) is 5.67. The number of hydrogen-bond acceptors (Lipinski definition) is 4. The van der Waals surface area contributed by atoms with Gasteiger partial charge in [0.15, 0.2) is 0 Å². The van der Waals surface area contributed by atoms with Crippen LogP contribution < -0.4 is 5.32 Å². The van der Waals surface area contributed by atoms with Crippen LogP contribution >= 0.6 is 22.9 Å². The lowest BCUT2D eigenvalue weighted by Gasteiger charge is -2.19. The number of carbonyl (C=O) groups is 3. The summed E-state index contributed by atoms with van der Waals surface area (Å²) in [6.45, 7) is 0. The van der Waals surface area contributed by atoms with Crippen molar-refractivity contribution in [1.29, 1.82) is 0 Å². The maximum Gasteiger partial charge on any atom is 0.257 e. The van der Waals surface area contributed by atoms with Crippen LogP contribution in [0.5, 0.6) is 0 Å². The second-order valence-corrected chi connectivity index (χ2v) is 9.22. The molecule has 0 spiro atoms. The molecule has 1 aromatic carbocycles. The molecular weight excluding hydrogens is 394 g/mol. The largest absolute Gasteiger partial charge is 0.322 e. The van der Waals surface area contributed by atoms with E-state index in [1.807, 2.05) is 0 Å². The highest BCUT2D eigenvalue weighted by atomic mass is 35.5. The van der Waals surface area contributed by atoms with Crippen LogP contribution in [0.2, 0.25) is 5.02 Å². The number of benzene rings is 1. The SMILES string of the molecule is O=C1CCCC(C(=O)Cc2sc3c(c2C(=O)Nc2ccc(Cl)cc2)CCC3)C1. The zero-order valence-corrected chi connectivity index (χ0v) is 17.1. The Morgan fingerprint density at radius 1 is 1.11 bits per heavy atom. The van der Waals surface area contributed by atoms with Crippen LogP contribution in [0, 0.1) is 5.92 Å². The topological polar surface area (TPSA) is 63.2 Å². The average molecular weight is 416 g/mol. The van der Waals surface area contributed by atoms with Crippen LogP contribution in [0.4, 0.5) is 5.69 Å². The van der Waals surface area contributed by atoms with E-state index < -0.39 is 0 Å². The first-order valence-corrected chi connectivity index (χ1v) is 11.0. The van der Waals surface area contributed by atoms with Gasteiger partial charge in [-0.3, -0.25) is 14.4 Å². The van der Waals surface area contributed by atoms with Crippen molar-refractivity contribution >= 4 is 46.1 Å². The molecule has 146 valence electrons. The number of thiophene rings is 1. The monoisotopic (exact) mass is 415 g/mol. The van der Waals surface area contributed by atoms with E-state index in [0.717, 1.165) is 42.5 Å². The summed E-state index contributed by atoms with van der Waals surface area (Å²) >= 11 is 7.51. The van der Waals surface area contributed by atoms with E-state index in [-0.39, 0.29) is 29.8 Å². The quantitative estimate of drug-likeness (QED) is 0.746. The lowest BCUT2D eigenvalue weighted by molar-refractivity contribution is -0.129. The predicted molar refractivity (Wildman–Crippen MR) is 111 cm³/mol. The van der Waals surface area contributed by atoms with Crippen molar-refractivity contribution in [3.05, 3.63) is 50.2 Å². The Kier molecular flexibility index (Phi) is 5.65. The van der Waals surface area contributed by atoms with Gasteiger partial charge in [-0.2, -0.15) is 0 Å². The average Bonchev–Trinajstić information content (AvgIpc) is 3.24. The highest BCUT2D eigenvalue weighted by Crippen LogP contribution is 2.37. The molecule has 1 saturated carbocycles. The smallest absolute Gasteiger partial charge is 0.257 e. The highest BCUT2D eigenvalue weighted by Gasteiger charge is 2.30. The lowest BCUT2D eigenvalue weighted by atomic mass is 9.84. The Morgan fingerprint density at radius 2 is 1.89 bits per heavy atom. The lowest BCUT2D eigenvalue weighted by Crippen LogP contribution is -2.25. The zero-order valence-electron chi connectivity index (χ0n) is 15.6. The third-order valence-electron chi connectivity index (χ3n) is 5.60. The van der Waals surface area contributed by atoms with E-state index in [0.29, 0.717) is 29.1 Å². The van der Waals surface area contributed by atoms with Gasteiger partial charge in [0.2, 0.25) is 0 Å². The fourth-order valence-electron chi connectivity index (χ4n) is 4.18. The van der Waals surface area contributed by atoms with Crippen molar-refractivity contribution in [2.75, 3.05) is 5.32 Å². The molecule has 1 N–H and O–H groups in total.